The van der Waals surface area contributed by atoms with Crippen molar-refractivity contribution in [1.29, 1.82) is 0 Å². The molecule has 6 heteroatoms. The maximum atomic E-state index is 12.0. The fourth-order valence-electron chi connectivity index (χ4n) is 1.86. The van der Waals surface area contributed by atoms with Gasteiger partial charge in [-0.3, -0.25) is 14.8 Å². The molecule has 2 rings (SSSR count). The molecule has 0 bridgehead atoms. The van der Waals surface area contributed by atoms with Crippen LogP contribution in [0.1, 0.15) is 28.7 Å². The van der Waals surface area contributed by atoms with Crippen LogP contribution in [0.4, 0.5) is 11.4 Å². The van der Waals surface area contributed by atoms with Crippen LogP contribution >= 0.6 is 0 Å². The smallest absolute Gasteiger partial charge is 0.253 e. The zero-order valence-corrected chi connectivity index (χ0v) is 12.2. The predicted octanol–water partition coefficient (Wildman–Crippen LogP) is 1.73. The van der Waals surface area contributed by atoms with Crippen molar-refractivity contribution in [1.82, 2.24) is 15.3 Å². The first kappa shape index (κ1) is 14.8. The summed E-state index contributed by atoms with van der Waals surface area (Å²) in [6.45, 7) is 4.81. The third-order valence-corrected chi connectivity index (χ3v) is 2.92. The fourth-order valence-corrected chi connectivity index (χ4v) is 1.86. The van der Waals surface area contributed by atoms with Crippen molar-refractivity contribution in [3.8, 4) is 0 Å². The minimum Gasteiger partial charge on any atom is -0.399 e. The summed E-state index contributed by atoms with van der Waals surface area (Å²) in [6, 6.07) is 5.16. The number of carbonyl (C=O) groups is 1. The maximum Gasteiger partial charge on any atom is 0.253 e. The lowest BCUT2D eigenvalue weighted by Gasteiger charge is -2.12. The molecule has 1 aromatic heterocycles. The number of benzene rings is 1. The van der Waals surface area contributed by atoms with Crippen LogP contribution in [-0.2, 0) is 6.54 Å². The zero-order valence-electron chi connectivity index (χ0n) is 12.2. The number of hydrogen-bond acceptors (Lipinski definition) is 5. The maximum absolute atomic E-state index is 12.0. The molecule has 110 valence electrons. The van der Waals surface area contributed by atoms with Crippen LogP contribution in [0.25, 0.3) is 0 Å². The highest BCUT2D eigenvalue weighted by Gasteiger charge is 2.11. The normalized spacial score (nSPS) is 10.2. The standard InChI is InChI=1S/C15H19N5O/c1-3-17-15(21)13-5-4-11(16)6-14(13)20-9-12-8-18-10(2)7-19-12/h4-8,20H,3,9,16H2,1-2H3,(H,17,21). The van der Waals surface area contributed by atoms with Crippen molar-refractivity contribution in [2.24, 2.45) is 0 Å². The molecule has 1 heterocycles. The number of aromatic nitrogens is 2. The van der Waals surface area contributed by atoms with Crippen LogP contribution in [-0.4, -0.2) is 22.4 Å². The van der Waals surface area contributed by atoms with Crippen LogP contribution in [0.15, 0.2) is 30.6 Å². The first-order chi connectivity index (χ1) is 10.1. The summed E-state index contributed by atoms with van der Waals surface area (Å²) in [7, 11) is 0. The largest absolute Gasteiger partial charge is 0.399 e. The Hall–Kier alpha value is -2.63. The molecule has 0 radical (unpaired) electrons. The summed E-state index contributed by atoms with van der Waals surface area (Å²) in [5.74, 6) is -0.130. The zero-order chi connectivity index (χ0) is 15.2. The Morgan fingerprint density at radius 2 is 2.10 bits per heavy atom. The Morgan fingerprint density at radius 1 is 1.29 bits per heavy atom. The number of nitrogens with one attached hydrogen (secondary N) is 2. The summed E-state index contributed by atoms with van der Waals surface area (Å²) in [6.07, 6.45) is 3.42. The number of aryl methyl sites for hydroxylation is 1. The van der Waals surface area contributed by atoms with Crippen molar-refractivity contribution in [2.75, 3.05) is 17.6 Å². The van der Waals surface area contributed by atoms with E-state index in [1.165, 1.54) is 0 Å². The highest BCUT2D eigenvalue weighted by atomic mass is 16.1. The summed E-state index contributed by atoms with van der Waals surface area (Å²) < 4.78 is 0. The molecule has 2 aromatic rings. The van der Waals surface area contributed by atoms with Gasteiger partial charge in [0, 0.05) is 24.1 Å². The van der Waals surface area contributed by atoms with E-state index in [0.717, 1.165) is 11.4 Å². The molecule has 0 aliphatic heterocycles. The third-order valence-electron chi connectivity index (χ3n) is 2.92. The van der Waals surface area contributed by atoms with E-state index in [1.54, 1.807) is 30.6 Å². The van der Waals surface area contributed by atoms with Crippen LogP contribution in [0.5, 0.6) is 0 Å². The molecule has 0 saturated carbocycles. The molecule has 1 aromatic carbocycles. The summed E-state index contributed by atoms with van der Waals surface area (Å²) >= 11 is 0. The van der Waals surface area contributed by atoms with Gasteiger partial charge in [-0.25, -0.2) is 0 Å². The lowest BCUT2D eigenvalue weighted by molar-refractivity contribution is 0.0956. The van der Waals surface area contributed by atoms with E-state index in [2.05, 4.69) is 20.6 Å². The molecule has 0 aliphatic carbocycles. The number of anilines is 2. The van der Waals surface area contributed by atoms with Gasteiger partial charge in [0.25, 0.3) is 5.91 Å². The first-order valence-electron chi connectivity index (χ1n) is 6.79. The van der Waals surface area contributed by atoms with Gasteiger partial charge in [-0.05, 0) is 32.0 Å². The molecule has 0 spiro atoms. The van der Waals surface area contributed by atoms with Gasteiger partial charge in [-0.15, -0.1) is 0 Å². The van der Waals surface area contributed by atoms with E-state index in [4.69, 9.17) is 5.73 Å². The Kier molecular flexibility index (Phi) is 4.71. The predicted molar refractivity (Wildman–Crippen MR) is 83.0 cm³/mol. The van der Waals surface area contributed by atoms with Gasteiger partial charge in [0.05, 0.1) is 29.7 Å². The van der Waals surface area contributed by atoms with Crippen LogP contribution in [0.3, 0.4) is 0 Å². The van der Waals surface area contributed by atoms with Crippen molar-refractivity contribution in [2.45, 2.75) is 20.4 Å². The van der Waals surface area contributed by atoms with Crippen LogP contribution < -0.4 is 16.4 Å². The monoisotopic (exact) mass is 285 g/mol. The van der Waals surface area contributed by atoms with E-state index >= 15 is 0 Å². The topological polar surface area (TPSA) is 92.9 Å². The average molecular weight is 285 g/mol. The minimum absolute atomic E-state index is 0.130. The molecule has 0 atom stereocenters. The lowest BCUT2D eigenvalue weighted by Crippen LogP contribution is -2.24. The van der Waals surface area contributed by atoms with E-state index in [0.29, 0.717) is 30.0 Å². The number of rotatable bonds is 5. The van der Waals surface area contributed by atoms with Gasteiger partial charge in [0.2, 0.25) is 0 Å². The first-order valence-corrected chi connectivity index (χ1v) is 6.79. The van der Waals surface area contributed by atoms with Crippen molar-refractivity contribution >= 4 is 17.3 Å². The summed E-state index contributed by atoms with van der Waals surface area (Å²) in [5, 5.41) is 5.97. The van der Waals surface area contributed by atoms with Gasteiger partial charge < -0.3 is 16.4 Å². The highest BCUT2D eigenvalue weighted by molar-refractivity contribution is 6.00. The van der Waals surface area contributed by atoms with Crippen molar-refractivity contribution in [3.63, 3.8) is 0 Å². The number of hydrogen-bond donors (Lipinski definition) is 3. The van der Waals surface area contributed by atoms with E-state index < -0.39 is 0 Å². The Labute approximate surface area is 123 Å². The number of nitrogens with two attached hydrogens (primary N) is 1. The van der Waals surface area contributed by atoms with Gasteiger partial charge >= 0.3 is 0 Å². The second kappa shape index (κ2) is 6.69. The van der Waals surface area contributed by atoms with Crippen molar-refractivity contribution in [3.05, 3.63) is 47.5 Å². The van der Waals surface area contributed by atoms with Crippen molar-refractivity contribution < 1.29 is 4.79 Å². The van der Waals surface area contributed by atoms with Gasteiger partial charge in [-0.1, -0.05) is 0 Å². The third kappa shape index (κ3) is 3.92. The molecule has 0 unspecified atom stereocenters. The molecule has 21 heavy (non-hydrogen) atoms. The minimum atomic E-state index is -0.130. The highest BCUT2D eigenvalue weighted by Crippen LogP contribution is 2.20. The second-order valence-corrected chi connectivity index (χ2v) is 4.67. The number of nitrogen functional groups attached to an aromatic ring is 1. The molecule has 6 nitrogen and oxygen atoms in total. The van der Waals surface area contributed by atoms with Crippen LogP contribution in [0, 0.1) is 6.92 Å². The van der Waals surface area contributed by atoms with Gasteiger partial charge in [0.1, 0.15) is 0 Å². The lowest BCUT2D eigenvalue weighted by atomic mass is 10.1. The molecular weight excluding hydrogens is 266 g/mol. The van der Waals surface area contributed by atoms with Crippen LogP contribution in [0.2, 0.25) is 0 Å². The quantitative estimate of drug-likeness (QED) is 0.727. The average Bonchev–Trinajstić information content (AvgIpc) is 2.47. The number of nitrogens with zero attached hydrogens (tertiary/aromatic N) is 2. The number of carbonyl (C=O) groups excluding carboxylic acids is 1. The van der Waals surface area contributed by atoms with E-state index in [1.807, 2.05) is 13.8 Å². The molecule has 1 amide bonds. The molecule has 0 saturated heterocycles. The Morgan fingerprint density at radius 3 is 2.76 bits per heavy atom. The Balaban J connectivity index is 2.16. The SMILES string of the molecule is CCNC(=O)c1ccc(N)cc1NCc1cnc(C)cn1. The molecular formula is C15H19N5O. The summed E-state index contributed by atoms with van der Waals surface area (Å²) in [4.78, 5) is 20.5. The molecule has 0 fully saturated rings. The molecule has 4 N–H and O–H groups in total. The molecule has 0 aliphatic rings. The second-order valence-electron chi connectivity index (χ2n) is 4.67. The van der Waals surface area contributed by atoms with Gasteiger partial charge in [0.15, 0.2) is 0 Å². The summed E-state index contributed by atoms with van der Waals surface area (Å²) in [5.41, 5.74) is 9.30. The Bertz CT molecular complexity index is 624. The van der Waals surface area contributed by atoms with E-state index in [9.17, 15) is 4.79 Å². The fraction of sp³-hybridized carbons (Fsp3) is 0.267. The van der Waals surface area contributed by atoms with Gasteiger partial charge in [-0.2, -0.15) is 0 Å². The number of amides is 1. The van der Waals surface area contributed by atoms with E-state index in [-0.39, 0.29) is 5.91 Å².